The SMILES string of the molecule is [N-]=[N+]=Cc1cc([Si])ccn1. The number of rotatable bonds is 1. The standard InChI is InChI=1S/C6H4N3Si/c7-9-4-5-3-6(10)1-2-8-5/h1-4H. The Morgan fingerprint density at radius 2 is 2.50 bits per heavy atom. The Bertz CT molecular complexity index is 278. The van der Waals surface area contributed by atoms with Crippen molar-refractivity contribution in [2.45, 2.75) is 0 Å². The van der Waals surface area contributed by atoms with Crippen LogP contribution in [-0.2, 0) is 0 Å². The lowest BCUT2D eigenvalue weighted by atomic mass is 10.4. The van der Waals surface area contributed by atoms with Crippen LogP contribution in [0, 0.1) is 0 Å². The van der Waals surface area contributed by atoms with Crippen LogP contribution in [0.15, 0.2) is 18.3 Å². The van der Waals surface area contributed by atoms with Crippen molar-refractivity contribution in [2.24, 2.45) is 0 Å². The van der Waals surface area contributed by atoms with Crippen molar-refractivity contribution in [1.29, 1.82) is 0 Å². The summed E-state index contributed by atoms with van der Waals surface area (Å²) in [6.45, 7) is 0. The first-order valence-electron chi connectivity index (χ1n) is 2.68. The summed E-state index contributed by atoms with van der Waals surface area (Å²) in [5.41, 5.74) is 8.74. The van der Waals surface area contributed by atoms with E-state index in [1.807, 2.05) is 0 Å². The Hall–Kier alpha value is -1.25. The molecule has 0 aromatic carbocycles. The van der Waals surface area contributed by atoms with Gasteiger partial charge in [0.05, 0.1) is 10.2 Å². The maximum absolute atomic E-state index is 8.12. The Morgan fingerprint density at radius 1 is 1.70 bits per heavy atom. The maximum Gasteiger partial charge on any atom is 0.305 e. The summed E-state index contributed by atoms with van der Waals surface area (Å²) in [4.78, 5) is 6.73. The monoisotopic (exact) mass is 146 g/mol. The average Bonchev–Trinajstić information content (AvgIpc) is 1.88. The molecule has 10 heavy (non-hydrogen) atoms. The highest BCUT2D eigenvalue weighted by molar-refractivity contribution is 6.32. The summed E-state index contributed by atoms with van der Waals surface area (Å²) in [7, 11) is 3.30. The molecule has 1 rings (SSSR count). The van der Waals surface area contributed by atoms with Gasteiger partial charge in [0.2, 0.25) is 0 Å². The van der Waals surface area contributed by atoms with Gasteiger partial charge >= 0.3 is 6.21 Å². The first kappa shape index (κ1) is 6.86. The lowest BCUT2D eigenvalue weighted by Gasteiger charge is -1.87. The molecule has 0 aliphatic carbocycles. The van der Waals surface area contributed by atoms with E-state index in [4.69, 9.17) is 5.53 Å². The third kappa shape index (κ3) is 1.61. The van der Waals surface area contributed by atoms with Crippen molar-refractivity contribution in [3.63, 3.8) is 0 Å². The average molecular weight is 146 g/mol. The Labute approximate surface area is 61.8 Å². The topological polar surface area (TPSA) is 49.3 Å². The molecular weight excluding hydrogens is 142 g/mol. The summed E-state index contributed by atoms with van der Waals surface area (Å²) in [6.07, 6.45) is 2.89. The lowest BCUT2D eigenvalue weighted by molar-refractivity contribution is 0.00427. The summed E-state index contributed by atoms with van der Waals surface area (Å²) in [5, 5.41) is 0.907. The molecule has 0 bridgehead atoms. The largest absolute Gasteiger partial charge is 0.361 e. The smallest absolute Gasteiger partial charge is 0.305 e. The molecule has 1 heterocycles. The van der Waals surface area contributed by atoms with Gasteiger partial charge in [-0.1, -0.05) is 5.19 Å². The zero-order chi connectivity index (χ0) is 7.40. The van der Waals surface area contributed by atoms with Gasteiger partial charge in [-0.3, -0.25) is 0 Å². The summed E-state index contributed by atoms with van der Waals surface area (Å²) in [5.74, 6) is 0. The highest BCUT2D eigenvalue weighted by Crippen LogP contribution is 1.82. The van der Waals surface area contributed by atoms with Gasteiger partial charge in [0, 0.05) is 6.20 Å². The molecule has 0 saturated heterocycles. The Morgan fingerprint density at radius 3 is 3.10 bits per heavy atom. The molecule has 0 fully saturated rings. The number of hydrogen-bond acceptors (Lipinski definition) is 1. The van der Waals surface area contributed by atoms with Gasteiger partial charge in [0.1, 0.15) is 5.69 Å². The molecule has 0 spiro atoms. The molecule has 0 saturated carbocycles. The second kappa shape index (κ2) is 3.05. The van der Waals surface area contributed by atoms with Gasteiger partial charge < -0.3 is 5.53 Å². The van der Waals surface area contributed by atoms with E-state index in [-0.39, 0.29) is 0 Å². The van der Waals surface area contributed by atoms with E-state index in [2.05, 4.69) is 20.0 Å². The zero-order valence-corrected chi connectivity index (χ0v) is 6.15. The predicted molar refractivity (Wildman–Crippen MR) is 38.4 cm³/mol. The van der Waals surface area contributed by atoms with Crippen LogP contribution in [-0.4, -0.2) is 26.2 Å². The fraction of sp³-hybridized carbons (Fsp3) is 0. The van der Waals surface area contributed by atoms with Crippen molar-refractivity contribution in [1.82, 2.24) is 4.98 Å². The van der Waals surface area contributed by atoms with E-state index in [0.717, 1.165) is 5.19 Å². The van der Waals surface area contributed by atoms with E-state index in [0.29, 0.717) is 5.69 Å². The van der Waals surface area contributed by atoms with E-state index < -0.39 is 0 Å². The van der Waals surface area contributed by atoms with Crippen molar-refractivity contribution < 1.29 is 4.79 Å². The van der Waals surface area contributed by atoms with E-state index in [1.54, 1.807) is 18.3 Å². The van der Waals surface area contributed by atoms with Gasteiger partial charge in [-0.2, -0.15) is 4.79 Å². The van der Waals surface area contributed by atoms with Crippen LogP contribution in [0.5, 0.6) is 0 Å². The van der Waals surface area contributed by atoms with Gasteiger partial charge in [-0.25, -0.2) is 4.98 Å². The van der Waals surface area contributed by atoms with E-state index in [1.165, 1.54) is 6.21 Å². The highest BCUT2D eigenvalue weighted by atomic mass is 28.1. The van der Waals surface area contributed by atoms with Gasteiger partial charge in [0.15, 0.2) is 0 Å². The Kier molecular flexibility index (Phi) is 2.09. The van der Waals surface area contributed by atoms with Crippen LogP contribution in [0.3, 0.4) is 0 Å². The molecule has 1 aromatic heterocycles. The minimum Gasteiger partial charge on any atom is -0.361 e. The third-order valence-electron chi connectivity index (χ3n) is 0.971. The predicted octanol–water partition coefficient (Wildman–Crippen LogP) is -0.476. The molecule has 1 aromatic rings. The molecular formula is C6H4N3Si. The minimum absolute atomic E-state index is 0.620. The first-order valence-corrected chi connectivity index (χ1v) is 3.18. The number of hydrogen-bond donors (Lipinski definition) is 0. The maximum atomic E-state index is 8.12. The fourth-order valence-corrected chi connectivity index (χ4v) is 0.801. The minimum atomic E-state index is 0.620. The molecule has 3 radical (unpaired) electrons. The third-order valence-corrected chi connectivity index (χ3v) is 1.28. The molecule has 0 N–H and O–H groups in total. The van der Waals surface area contributed by atoms with Crippen LogP contribution in [0.25, 0.3) is 5.53 Å². The van der Waals surface area contributed by atoms with Crippen LogP contribution >= 0.6 is 0 Å². The molecule has 4 heteroatoms. The van der Waals surface area contributed by atoms with Crippen LogP contribution in [0.1, 0.15) is 5.69 Å². The lowest BCUT2D eigenvalue weighted by Crippen LogP contribution is -2.03. The van der Waals surface area contributed by atoms with Crippen molar-refractivity contribution in [3.05, 3.63) is 29.6 Å². The first-order chi connectivity index (χ1) is 4.83. The molecule has 0 aliphatic rings. The molecule has 3 nitrogen and oxygen atoms in total. The number of pyridine rings is 1. The van der Waals surface area contributed by atoms with Crippen molar-refractivity contribution in [3.8, 4) is 0 Å². The summed E-state index contributed by atoms with van der Waals surface area (Å²) >= 11 is 0. The summed E-state index contributed by atoms with van der Waals surface area (Å²) < 4.78 is 0. The van der Waals surface area contributed by atoms with Gasteiger partial charge in [-0.15, -0.1) is 0 Å². The molecule has 0 aliphatic heterocycles. The Balaban J connectivity index is 3.06. The molecule has 47 valence electrons. The van der Waals surface area contributed by atoms with Crippen LogP contribution in [0.4, 0.5) is 0 Å². The summed E-state index contributed by atoms with van der Waals surface area (Å²) in [6, 6.07) is 3.54. The molecule has 0 atom stereocenters. The number of aromatic nitrogens is 1. The molecule has 0 unspecified atom stereocenters. The zero-order valence-electron chi connectivity index (χ0n) is 5.15. The van der Waals surface area contributed by atoms with Gasteiger partial charge in [0.25, 0.3) is 0 Å². The van der Waals surface area contributed by atoms with Gasteiger partial charge in [-0.05, 0) is 12.1 Å². The molecule has 0 amide bonds. The van der Waals surface area contributed by atoms with Crippen molar-refractivity contribution >= 4 is 21.6 Å². The second-order valence-corrected chi connectivity index (χ2v) is 2.29. The van der Waals surface area contributed by atoms with Crippen LogP contribution < -0.4 is 5.19 Å². The van der Waals surface area contributed by atoms with E-state index in [9.17, 15) is 0 Å². The van der Waals surface area contributed by atoms with E-state index >= 15 is 0 Å². The fourth-order valence-electron chi connectivity index (χ4n) is 0.578. The highest BCUT2D eigenvalue weighted by Gasteiger charge is 1.91. The number of nitrogens with zero attached hydrogens (tertiary/aromatic N) is 3. The van der Waals surface area contributed by atoms with Crippen molar-refractivity contribution in [2.75, 3.05) is 0 Å². The normalized spacial score (nSPS) is 8.50. The second-order valence-electron chi connectivity index (χ2n) is 1.71. The quantitative estimate of drug-likeness (QED) is 0.228. The van der Waals surface area contributed by atoms with Crippen LogP contribution in [0.2, 0.25) is 0 Å².